The second kappa shape index (κ2) is 6.75. The lowest BCUT2D eigenvalue weighted by atomic mass is 10.2. The molecule has 27 heavy (non-hydrogen) atoms. The van der Waals surface area contributed by atoms with Crippen LogP contribution in [0.15, 0.2) is 48.5 Å². The molecule has 0 aliphatic carbocycles. The maximum atomic E-state index is 13.0. The van der Waals surface area contributed by atoms with Crippen LogP contribution in [0.5, 0.6) is 5.75 Å². The molecular formula is C20H20N4O3. The van der Waals surface area contributed by atoms with E-state index >= 15 is 0 Å². The summed E-state index contributed by atoms with van der Waals surface area (Å²) in [5.41, 5.74) is 2.30. The maximum Gasteiger partial charge on any atom is 0.256 e. The van der Waals surface area contributed by atoms with E-state index in [1.807, 2.05) is 35.8 Å². The fourth-order valence-electron chi connectivity index (χ4n) is 3.47. The van der Waals surface area contributed by atoms with E-state index < -0.39 is 6.04 Å². The highest BCUT2D eigenvalue weighted by atomic mass is 16.5. The van der Waals surface area contributed by atoms with Crippen LogP contribution >= 0.6 is 0 Å². The van der Waals surface area contributed by atoms with Crippen molar-refractivity contribution in [2.45, 2.75) is 25.9 Å². The first-order valence-electron chi connectivity index (χ1n) is 8.85. The lowest BCUT2D eigenvalue weighted by Gasteiger charge is -2.18. The fourth-order valence-corrected chi connectivity index (χ4v) is 3.47. The Morgan fingerprint density at radius 2 is 1.89 bits per heavy atom. The minimum absolute atomic E-state index is 0.0732. The highest BCUT2D eigenvalue weighted by Crippen LogP contribution is 2.32. The van der Waals surface area contributed by atoms with Crippen LogP contribution < -0.4 is 15.0 Å². The van der Waals surface area contributed by atoms with Crippen LogP contribution in [-0.2, 0) is 16.1 Å². The van der Waals surface area contributed by atoms with Crippen molar-refractivity contribution >= 4 is 34.5 Å². The summed E-state index contributed by atoms with van der Waals surface area (Å²) in [6.45, 7) is 2.72. The Kier molecular flexibility index (Phi) is 4.27. The summed E-state index contributed by atoms with van der Waals surface area (Å²) < 4.78 is 7.30. The van der Waals surface area contributed by atoms with E-state index in [-0.39, 0.29) is 18.2 Å². The molecule has 3 aromatic rings. The van der Waals surface area contributed by atoms with Crippen molar-refractivity contribution in [2.24, 2.45) is 0 Å². The van der Waals surface area contributed by atoms with Crippen molar-refractivity contribution in [3.63, 3.8) is 0 Å². The van der Waals surface area contributed by atoms with Crippen LogP contribution in [-0.4, -0.2) is 34.5 Å². The topological polar surface area (TPSA) is 76.5 Å². The van der Waals surface area contributed by atoms with Gasteiger partial charge in [0.25, 0.3) is 5.91 Å². The van der Waals surface area contributed by atoms with Gasteiger partial charge in [-0.25, -0.2) is 9.88 Å². The summed E-state index contributed by atoms with van der Waals surface area (Å²) in [5, 5.41) is 3.17. The number of carbonyl (C=O) groups is 2. The van der Waals surface area contributed by atoms with Crippen LogP contribution in [0.25, 0.3) is 11.0 Å². The Hall–Kier alpha value is -3.35. The molecule has 1 aromatic heterocycles. The first-order chi connectivity index (χ1) is 13.1. The predicted octanol–water partition coefficient (Wildman–Crippen LogP) is 2.81. The number of aryl methyl sites for hydroxylation is 1. The summed E-state index contributed by atoms with van der Waals surface area (Å²) >= 11 is 0. The second-order valence-corrected chi connectivity index (χ2v) is 6.31. The van der Waals surface area contributed by atoms with Gasteiger partial charge in [-0.1, -0.05) is 24.3 Å². The molecule has 2 amide bonds. The largest absolute Gasteiger partial charge is 0.495 e. The molecule has 1 fully saturated rings. The smallest absolute Gasteiger partial charge is 0.256 e. The number of fused-ring (bicyclic) bond motifs is 1. The zero-order chi connectivity index (χ0) is 19.0. The first kappa shape index (κ1) is 17.1. The molecule has 1 saturated heterocycles. The van der Waals surface area contributed by atoms with E-state index in [4.69, 9.17) is 4.74 Å². The van der Waals surface area contributed by atoms with E-state index in [1.165, 1.54) is 12.0 Å². The number of amides is 2. The molecule has 4 rings (SSSR count). The Morgan fingerprint density at radius 1 is 1.15 bits per heavy atom. The summed E-state index contributed by atoms with van der Waals surface area (Å²) in [6.07, 6.45) is 0.0732. The van der Waals surface area contributed by atoms with Crippen LogP contribution in [0.2, 0.25) is 0 Å². The molecule has 0 unspecified atom stereocenters. The van der Waals surface area contributed by atoms with Crippen LogP contribution in [0.1, 0.15) is 13.3 Å². The number of aromatic nitrogens is 2. The minimum Gasteiger partial charge on any atom is -0.495 e. The van der Waals surface area contributed by atoms with Crippen molar-refractivity contribution in [3.8, 4) is 5.75 Å². The van der Waals surface area contributed by atoms with Crippen molar-refractivity contribution < 1.29 is 14.3 Å². The third kappa shape index (κ3) is 2.81. The van der Waals surface area contributed by atoms with Gasteiger partial charge in [-0.2, -0.15) is 0 Å². The number of imidazole rings is 1. The zero-order valence-electron chi connectivity index (χ0n) is 15.2. The molecule has 2 heterocycles. The number of carbonyl (C=O) groups excluding carboxylic acids is 2. The van der Waals surface area contributed by atoms with Crippen molar-refractivity contribution in [3.05, 3.63) is 48.5 Å². The lowest BCUT2D eigenvalue weighted by Crippen LogP contribution is -2.35. The van der Waals surface area contributed by atoms with E-state index in [2.05, 4.69) is 10.3 Å². The number of hydrogen-bond acceptors (Lipinski definition) is 5. The fraction of sp³-hybridized carbons (Fsp3) is 0.250. The number of methoxy groups -OCH3 is 1. The number of imide groups is 1. The molecule has 1 N–H and O–H groups in total. The zero-order valence-corrected chi connectivity index (χ0v) is 15.2. The molecule has 1 aliphatic heterocycles. The molecule has 0 spiro atoms. The molecule has 138 valence electrons. The molecule has 0 saturated carbocycles. The SMILES string of the molecule is CCn1c(N[C@@H]2CC(=O)N(c3ccccc3OC)C2=O)nc2ccccc21. The number of hydrogen-bond donors (Lipinski definition) is 1. The number of para-hydroxylation sites is 4. The normalized spacial score (nSPS) is 17.0. The van der Waals surface area contributed by atoms with Gasteiger partial charge >= 0.3 is 0 Å². The minimum atomic E-state index is -0.662. The molecule has 0 bridgehead atoms. The Balaban J connectivity index is 1.65. The number of benzene rings is 2. The summed E-state index contributed by atoms with van der Waals surface area (Å²) in [6, 6.07) is 14.1. The quantitative estimate of drug-likeness (QED) is 0.705. The standard InChI is InChI=1S/C20H20N4O3/c1-3-23-15-9-5-4-8-13(15)21-20(23)22-14-12-18(25)24(19(14)26)16-10-6-7-11-17(16)27-2/h4-11,14H,3,12H2,1-2H3,(H,21,22)/t14-/m1/s1. The Morgan fingerprint density at radius 3 is 2.67 bits per heavy atom. The number of nitrogens with zero attached hydrogens (tertiary/aromatic N) is 3. The molecule has 7 nitrogen and oxygen atoms in total. The average molecular weight is 364 g/mol. The van der Waals surface area contributed by atoms with Gasteiger partial charge in [0.1, 0.15) is 11.8 Å². The first-order valence-corrected chi connectivity index (χ1v) is 8.85. The van der Waals surface area contributed by atoms with Crippen LogP contribution in [0.4, 0.5) is 11.6 Å². The Labute approximate surface area is 156 Å². The Bertz CT molecular complexity index is 1030. The third-order valence-electron chi connectivity index (χ3n) is 4.75. The van der Waals surface area contributed by atoms with Gasteiger partial charge in [0, 0.05) is 6.54 Å². The van der Waals surface area contributed by atoms with Crippen molar-refractivity contribution in [2.75, 3.05) is 17.3 Å². The van der Waals surface area contributed by atoms with E-state index in [1.54, 1.807) is 24.3 Å². The van der Waals surface area contributed by atoms with Gasteiger partial charge in [0.05, 0.1) is 30.3 Å². The van der Waals surface area contributed by atoms with Crippen LogP contribution in [0, 0.1) is 0 Å². The predicted molar refractivity (Wildman–Crippen MR) is 103 cm³/mol. The lowest BCUT2D eigenvalue weighted by molar-refractivity contribution is -0.121. The maximum absolute atomic E-state index is 13.0. The number of anilines is 2. The number of nitrogens with one attached hydrogen (secondary N) is 1. The van der Waals surface area contributed by atoms with Gasteiger partial charge in [0.15, 0.2) is 0 Å². The second-order valence-electron chi connectivity index (χ2n) is 6.31. The molecule has 7 heteroatoms. The third-order valence-corrected chi connectivity index (χ3v) is 4.75. The molecule has 2 aromatic carbocycles. The van der Waals surface area contributed by atoms with Gasteiger partial charge in [-0.05, 0) is 31.2 Å². The van der Waals surface area contributed by atoms with Gasteiger partial charge in [0.2, 0.25) is 11.9 Å². The van der Waals surface area contributed by atoms with Gasteiger partial charge < -0.3 is 14.6 Å². The van der Waals surface area contributed by atoms with Crippen molar-refractivity contribution in [1.82, 2.24) is 9.55 Å². The molecule has 1 atom stereocenters. The molecule has 0 radical (unpaired) electrons. The summed E-state index contributed by atoms with van der Waals surface area (Å²) in [7, 11) is 1.52. The van der Waals surface area contributed by atoms with Gasteiger partial charge in [-0.3, -0.25) is 9.59 Å². The number of ether oxygens (including phenoxy) is 1. The summed E-state index contributed by atoms with van der Waals surface area (Å²) in [5.74, 6) is 0.507. The highest BCUT2D eigenvalue weighted by molar-refractivity contribution is 6.23. The van der Waals surface area contributed by atoms with Crippen molar-refractivity contribution in [1.29, 1.82) is 0 Å². The summed E-state index contributed by atoms with van der Waals surface area (Å²) in [4.78, 5) is 31.3. The van der Waals surface area contributed by atoms with E-state index in [9.17, 15) is 9.59 Å². The number of rotatable bonds is 5. The monoisotopic (exact) mass is 364 g/mol. The van der Waals surface area contributed by atoms with E-state index in [0.29, 0.717) is 23.9 Å². The van der Waals surface area contributed by atoms with E-state index in [0.717, 1.165) is 11.0 Å². The van der Waals surface area contributed by atoms with Crippen LogP contribution in [0.3, 0.4) is 0 Å². The average Bonchev–Trinajstić information content (AvgIpc) is 3.18. The van der Waals surface area contributed by atoms with Gasteiger partial charge in [-0.15, -0.1) is 0 Å². The molecular weight excluding hydrogens is 344 g/mol. The highest BCUT2D eigenvalue weighted by Gasteiger charge is 2.41. The molecule has 1 aliphatic rings.